The molecule has 1 aliphatic heterocycles. The SMILES string of the molecule is CCCn1nccc1S(=O)(=O)NCCN1CCNCC1.Cl. The van der Waals surface area contributed by atoms with Gasteiger partial charge >= 0.3 is 0 Å². The number of aryl methyl sites for hydroxylation is 1. The van der Waals surface area contributed by atoms with E-state index in [0.29, 0.717) is 13.1 Å². The zero-order chi connectivity index (χ0) is 14.4. The molecule has 1 saturated heterocycles. The fourth-order valence-electron chi connectivity index (χ4n) is 2.28. The predicted octanol–water partition coefficient (Wildman–Crippen LogP) is -0.102. The monoisotopic (exact) mass is 337 g/mol. The molecule has 2 rings (SSSR count). The van der Waals surface area contributed by atoms with Crippen LogP contribution in [0.3, 0.4) is 0 Å². The van der Waals surface area contributed by atoms with Crippen molar-refractivity contribution >= 4 is 22.4 Å². The minimum atomic E-state index is -3.46. The number of hydrogen-bond acceptors (Lipinski definition) is 5. The highest BCUT2D eigenvalue weighted by Gasteiger charge is 2.19. The molecule has 2 N–H and O–H groups in total. The third-order valence-electron chi connectivity index (χ3n) is 3.32. The molecular formula is C12H24ClN5O2S. The molecule has 21 heavy (non-hydrogen) atoms. The molecule has 1 aromatic heterocycles. The Morgan fingerprint density at radius 1 is 1.33 bits per heavy atom. The Bertz CT molecular complexity index is 513. The molecule has 0 saturated carbocycles. The Morgan fingerprint density at radius 3 is 2.71 bits per heavy atom. The number of halogens is 1. The van der Waals surface area contributed by atoms with Gasteiger partial charge in [-0.3, -0.25) is 9.58 Å². The lowest BCUT2D eigenvalue weighted by Crippen LogP contribution is -2.46. The van der Waals surface area contributed by atoms with Crippen molar-refractivity contribution in [3.63, 3.8) is 0 Å². The summed E-state index contributed by atoms with van der Waals surface area (Å²) in [5.41, 5.74) is 0. The molecule has 0 bridgehead atoms. The summed E-state index contributed by atoms with van der Waals surface area (Å²) >= 11 is 0. The Hall–Kier alpha value is -0.670. The third-order valence-corrected chi connectivity index (χ3v) is 4.80. The van der Waals surface area contributed by atoms with Gasteiger partial charge in [0.25, 0.3) is 10.0 Å². The van der Waals surface area contributed by atoms with Gasteiger partial charge in [-0.05, 0) is 12.5 Å². The van der Waals surface area contributed by atoms with Crippen molar-refractivity contribution in [3.05, 3.63) is 12.3 Å². The average Bonchev–Trinajstić information content (AvgIpc) is 2.89. The second-order valence-corrected chi connectivity index (χ2v) is 6.60. The van der Waals surface area contributed by atoms with Gasteiger partial charge in [0.1, 0.15) is 0 Å². The van der Waals surface area contributed by atoms with E-state index in [0.717, 1.165) is 39.1 Å². The first-order chi connectivity index (χ1) is 9.63. The van der Waals surface area contributed by atoms with E-state index in [-0.39, 0.29) is 17.4 Å². The summed E-state index contributed by atoms with van der Waals surface area (Å²) in [7, 11) is -3.46. The van der Waals surface area contributed by atoms with Crippen LogP contribution < -0.4 is 10.0 Å². The fourth-order valence-corrected chi connectivity index (χ4v) is 3.44. The largest absolute Gasteiger partial charge is 0.314 e. The molecule has 0 radical (unpaired) electrons. The number of aromatic nitrogens is 2. The molecule has 0 aromatic carbocycles. The second kappa shape index (κ2) is 8.70. The average molecular weight is 338 g/mol. The third kappa shape index (κ3) is 5.23. The standard InChI is InChI=1S/C12H23N5O2S.ClH/c1-2-8-17-12(3-4-14-17)20(18,19)15-7-11-16-9-5-13-6-10-16;/h3-4,13,15H,2,5-11H2,1H3;1H. The van der Waals surface area contributed by atoms with Crippen LogP contribution in [0.4, 0.5) is 0 Å². The molecule has 1 fully saturated rings. The second-order valence-electron chi connectivity index (χ2n) is 4.88. The van der Waals surface area contributed by atoms with Gasteiger partial charge in [-0.1, -0.05) is 6.92 Å². The molecule has 0 spiro atoms. The van der Waals surface area contributed by atoms with E-state index in [1.807, 2.05) is 6.92 Å². The predicted molar refractivity (Wildman–Crippen MR) is 84.3 cm³/mol. The summed E-state index contributed by atoms with van der Waals surface area (Å²) in [6.07, 6.45) is 2.38. The van der Waals surface area contributed by atoms with Gasteiger partial charge < -0.3 is 5.32 Å². The van der Waals surface area contributed by atoms with Crippen molar-refractivity contribution in [1.82, 2.24) is 24.7 Å². The highest BCUT2D eigenvalue weighted by molar-refractivity contribution is 7.89. The number of rotatable bonds is 7. The maximum atomic E-state index is 12.2. The van der Waals surface area contributed by atoms with Crippen molar-refractivity contribution in [3.8, 4) is 0 Å². The molecule has 1 aliphatic rings. The van der Waals surface area contributed by atoms with Gasteiger partial charge in [-0.2, -0.15) is 5.10 Å². The normalized spacial score (nSPS) is 16.6. The van der Waals surface area contributed by atoms with Crippen molar-refractivity contribution in [2.75, 3.05) is 39.3 Å². The number of piperazine rings is 1. The highest BCUT2D eigenvalue weighted by atomic mass is 35.5. The first kappa shape index (κ1) is 18.4. The Labute approximate surface area is 132 Å². The van der Waals surface area contributed by atoms with E-state index in [2.05, 4.69) is 20.0 Å². The molecule has 1 aromatic rings. The van der Waals surface area contributed by atoms with Crippen molar-refractivity contribution < 1.29 is 8.42 Å². The van der Waals surface area contributed by atoms with Crippen LogP contribution in [-0.4, -0.2) is 62.4 Å². The minimum Gasteiger partial charge on any atom is -0.314 e. The lowest BCUT2D eigenvalue weighted by atomic mass is 10.3. The van der Waals surface area contributed by atoms with Gasteiger partial charge in [-0.15, -0.1) is 12.4 Å². The summed E-state index contributed by atoms with van der Waals surface area (Å²) in [6, 6.07) is 1.54. The molecule has 9 heteroatoms. The molecule has 7 nitrogen and oxygen atoms in total. The molecule has 0 unspecified atom stereocenters. The molecular weight excluding hydrogens is 314 g/mol. The lowest BCUT2D eigenvalue weighted by molar-refractivity contribution is 0.245. The zero-order valence-corrected chi connectivity index (χ0v) is 13.9. The summed E-state index contributed by atoms with van der Waals surface area (Å²) in [4.78, 5) is 2.25. The van der Waals surface area contributed by atoms with E-state index in [4.69, 9.17) is 0 Å². The fraction of sp³-hybridized carbons (Fsp3) is 0.750. The topological polar surface area (TPSA) is 79.3 Å². The number of nitrogens with one attached hydrogen (secondary N) is 2. The maximum Gasteiger partial charge on any atom is 0.257 e. The van der Waals surface area contributed by atoms with Crippen LogP contribution >= 0.6 is 12.4 Å². The van der Waals surface area contributed by atoms with Gasteiger partial charge in [0.2, 0.25) is 0 Å². The van der Waals surface area contributed by atoms with Gasteiger partial charge in [0.05, 0.1) is 6.20 Å². The first-order valence-electron chi connectivity index (χ1n) is 7.08. The Balaban J connectivity index is 0.00000220. The molecule has 122 valence electrons. The van der Waals surface area contributed by atoms with Crippen LogP contribution in [0.1, 0.15) is 13.3 Å². The maximum absolute atomic E-state index is 12.2. The van der Waals surface area contributed by atoms with Crippen LogP contribution in [0.25, 0.3) is 0 Å². The lowest BCUT2D eigenvalue weighted by Gasteiger charge is -2.27. The summed E-state index contributed by atoms with van der Waals surface area (Å²) < 4.78 is 28.6. The number of sulfonamides is 1. The van der Waals surface area contributed by atoms with Crippen molar-refractivity contribution in [2.45, 2.75) is 24.9 Å². The van der Waals surface area contributed by atoms with Gasteiger partial charge in [0.15, 0.2) is 5.03 Å². The summed E-state index contributed by atoms with van der Waals surface area (Å²) in [5.74, 6) is 0. The van der Waals surface area contributed by atoms with Crippen LogP contribution in [0.2, 0.25) is 0 Å². The van der Waals surface area contributed by atoms with E-state index in [1.165, 1.54) is 10.9 Å². The van der Waals surface area contributed by atoms with Crippen LogP contribution in [0.5, 0.6) is 0 Å². The highest BCUT2D eigenvalue weighted by Crippen LogP contribution is 2.08. The van der Waals surface area contributed by atoms with Gasteiger partial charge in [-0.25, -0.2) is 13.1 Å². The van der Waals surface area contributed by atoms with E-state index in [1.54, 1.807) is 6.07 Å². The minimum absolute atomic E-state index is 0. The smallest absolute Gasteiger partial charge is 0.257 e. The van der Waals surface area contributed by atoms with E-state index >= 15 is 0 Å². The van der Waals surface area contributed by atoms with Crippen LogP contribution in [-0.2, 0) is 16.6 Å². The summed E-state index contributed by atoms with van der Waals surface area (Å²) in [6.45, 7) is 7.65. The molecule has 0 atom stereocenters. The van der Waals surface area contributed by atoms with E-state index in [9.17, 15) is 8.42 Å². The van der Waals surface area contributed by atoms with Crippen molar-refractivity contribution in [2.24, 2.45) is 0 Å². The molecule has 2 heterocycles. The zero-order valence-electron chi connectivity index (χ0n) is 12.3. The van der Waals surface area contributed by atoms with Gasteiger partial charge in [0, 0.05) is 45.8 Å². The quantitative estimate of drug-likeness (QED) is 0.726. The number of hydrogen-bond donors (Lipinski definition) is 2. The summed E-state index contributed by atoms with van der Waals surface area (Å²) in [5, 5.41) is 7.57. The molecule has 0 amide bonds. The number of nitrogens with zero attached hydrogens (tertiary/aromatic N) is 3. The first-order valence-corrected chi connectivity index (χ1v) is 8.56. The van der Waals surface area contributed by atoms with E-state index < -0.39 is 10.0 Å². The van der Waals surface area contributed by atoms with Crippen LogP contribution in [0.15, 0.2) is 17.3 Å². The molecule has 0 aliphatic carbocycles. The Morgan fingerprint density at radius 2 is 2.05 bits per heavy atom. The van der Waals surface area contributed by atoms with Crippen LogP contribution in [0, 0.1) is 0 Å². The van der Waals surface area contributed by atoms with Crippen molar-refractivity contribution in [1.29, 1.82) is 0 Å². The Kier molecular flexibility index (Phi) is 7.61.